The van der Waals surface area contributed by atoms with Gasteiger partial charge in [0.2, 0.25) is 0 Å². The van der Waals surface area contributed by atoms with Crippen molar-refractivity contribution in [2.24, 2.45) is 0 Å². The van der Waals surface area contributed by atoms with Gasteiger partial charge >= 0.3 is 0 Å². The molecule has 5 rings (SSSR count). The van der Waals surface area contributed by atoms with E-state index in [2.05, 4.69) is 36.6 Å². The van der Waals surface area contributed by atoms with Crippen molar-refractivity contribution in [2.45, 2.75) is 37.1 Å². The van der Waals surface area contributed by atoms with Gasteiger partial charge in [0, 0.05) is 41.2 Å². The van der Waals surface area contributed by atoms with E-state index in [1.807, 2.05) is 66.5 Å². The number of hydrogen-bond acceptors (Lipinski definition) is 7. The summed E-state index contributed by atoms with van der Waals surface area (Å²) in [5, 5.41) is 0. The summed E-state index contributed by atoms with van der Waals surface area (Å²) in [7, 11) is -9.35. The molecule has 0 amide bonds. The maximum atomic E-state index is 12.4. The van der Waals surface area contributed by atoms with Gasteiger partial charge in [0.15, 0.2) is 12.3 Å². The maximum Gasteiger partial charge on any atom is 0.200 e. The number of anilines is 2. The first-order valence-corrected chi connectivity index (χ1v) is 18.0. The molecule has 8 nitrogen and oxygen atoms in total. The molecule has 0 atom stereocenters. The van der Waals surface area contributed by atoms with Gasteiger partial charge in [-0.1, -0.05) is 54.1 Å². The van der Waals surface area contributed by atoms with Crippen molar-refractivity contribution >= 4 is 42.9 Å². The fourth-order valence-electron chi connectivity index (χ4n) is 5.74. The van der Waals surface area contributed by atoms with Gasteiger partial charge in [-0.25, -0.2) is 21.4 Å². The molecule has 0 aromatic heterocycles. The molecule has 0 bridgehead atoms. The Morgan fingerprint density at radius 1 is 0.723 bits per heavy atom. The van der Waals surface area contributed by atoms with Gasteiger partial charge < -0.3 is 14.0 Å². The summed E-state index contributed by atoms with van der Waals surface area (Å²) in [6.07, 6.45) is 7.88. The van der Waals surface area contributed by atoms with E-state index in [4.69, 9.17) is 0 Å². The number of hydrogen-bond donors (Lipinski definition) is 0. The lowest BCUT2D eigenvalue weighted by Gasteiger charge is -2.25. The summed E-state index contributed by atoms with van der Waals surface area (Å²) < 4.78 is 73.6. The van der Waals surface area contributed by atoms with E-state index < -0.39 is 20.2 Å². The molecule has 0 saturated carbocycles. The molecule has 1 aliphatic rings. The molecule has 0 radical (unpaired) electrons. The van der Waals surface area contributed by atoms with Crippen molar-refractivity contribution in [3.05, 3.63) is 149 Å². The highest BCUT2D eigenvalue weighted by molar-refractivity contribution is 7.86. The normalized spacial score (nSPS) is 13.1. The Labute approximate surface area is 276 Å². The molecule has 47 heavy (non-hydrogen) atoms. The fraction of sp³-hybridized carbons (Fsp3) is 0.162. The molecule has 4 aromatic rings. The summed E-state index contributed by atoms with van der Waals surface area (Å²) in [5.74, 6) is 0. The van der Waals surface area contributed by atoms with Crippen molar-refractivity contribution in [3.8, 4) is 0 Å². The first-order chi connectivity index (χ1) is 22.4. The first-order valence-electron chi connectivity index (χ1n) is 15.2. The minimum atomic E-state index is -4.79. The molecule has 4 aromatic carbocycles. The standard InChI is InChI=1S/C37H36N2O6S2/c1-4-38(26-28-10-8-9-27(3)25-28)31-17-13-29(14-18-31)37(35-11-6-7-12-36(35)47(43,44)45)30-15-19-32(20-16-30)39(5-2)33-21-23-34(24-22-33)46(40,41)42/h6-25H,4-5,26H2,1-3H3,(H-,40,41,42,43,44,45)/p-1. The minimum Gasteiger partial charge on any atom is -0.744 e. The Balaban J connectivity index is 1.57. The molecule has 0 N–H and O–H groups in total. The Kier molecular flexibility index (Phi) is 10.1. The number of nitrogens with zero attached hydrogens (tertiary/aromatic N) is 2. The molecule has 0 saturated heterocycles. The summed E-state index contributed by atoms with van der Waals surface area (Å²) in [5.41, 5.74) is 7.23. The molecule has 0 heterocycles. The van der Waals surface area contributed by atoms with E-state index in [9.17, 15) is 25.9 Å². The van der Waals surface area contributed by atoms with Gasteiger partial charge in [-0.2, -0.15) is 0 Å². The first kappa shape index (κ1) is 33.7. The van der Waals surface area contributed by atoms with E-state index in [1.54, 1.807) is 24.3 Å². The second-order valence-electron chi connectivity index (χ2n) is 11.1. The number of allylic oxidation sites excluding steroid dienone is 5. The van der Waals surface area contributed by atoms with Crippen LogP contribution in [-0.2, 0) is 26.8 Å². The van der Waals surface area contributed by atoms with Gasteiger partial charge in [-0.3, -0.25) is 0 Å². The number of benzene rings is 4. The third-order valence-corrected chi connectivity index (χ3v) is 9.75. The van der Waals surface area contributed by atoms with Crippen LogP contribution < -0.4 is 4.90 Å². The van der Waals surface area contributed by atoms with E-state index in [0.29, 0.717) is 28.9 Å². The van der Waals surface area contributed by atoms with Crippen molar-refractivity contribution < 1.29 is 30.5 Å². The van der Waals surface area contributed by atoms with Crippen molar-refractivity contribution in [3.63, 3.8) is 0 Å². The Morgan fingerprint density at radius 3 is 1.89 bits per heavy atom. The molecule has 0 fully saturated rings. The van der Waals surface area contributed by atoms with Crippen LogP contribution >= 0.6 is 0 Å². The maximum absolute atomic E-state index is 12.4. The molecule has 0 spiro atoms. The largest absolute Gasteiger partial charge is 0.744 e. The van der Waals surface area contributed by atoms with Gasteiger partial charge in [-0.05, 0) is 98.2 Å². The molecule has 0 unspecified atom stereocenters. The minimum absolute atomic E-state index is 0.303. The third kappa shape index (κ3) is 7.86. The lowest BCUT2D eigenvalue weighted by atomic mass is 9.90. The highest BCUT2D eigenvalue weighted by atomic mass is 32.2. The van der Waals surface area contributed by atoms with Crippen LogP contribution in [0.5, 0.6) is 0 Å². The van der Waals surface area contributed by atoms with Crippen LogP contribution in [0, 0.1) is 6.92 Å². The van der Waals surface area contributed by atoms with Crippen LogP contribution in [0.2, 0.25) is 0 Å². The second kappa shape index (κ2) is 14.0. The monoisotopic (exact) mass is 667 g/mol. The van der Waals surface area contributed by atoms with Crippen LogP contribution in [0.25, 0.3) is 5.57 Å². The molecule has 1 aliphatic carbocycles. The number of rotatable bonds is 10. The van der Waals surface area contributed by atoms with Crippen LogP contribution in [0.3, 0.4) is 0 Å². The highest BCUT2D eigenvalue weighted by Gasteiger charge is 2.20. The Morgan fingerprint density at radius 2 is 1.34 bits per heavy atom. The van der Waals surface area contributed by atoms with E-state index >= 15 is 0 Å². The molecule has 242 valence electrons. The molecular formula is C37H35N2O6S2-. The predicted octanol–water partition coefficient (Wildman–Crippen LogP) is 6.56. The lowest BCUT2D eigenvalue weighted by Crippen LogP contribution is -2.19. The van der Waals surface area contributed by atoms with Crippen LogP contribution in [0.15, 0.2) is 137 Å². The average Bonchev–Trinajstić information content (AvgIpc) is 3.05. The topological polar surface area (TPSA) is 121 Å². The summed E-state index contributed by atoms with van der Waals surface area (Å²) in [6.45, 7) is 8.17. The summed E-state index contributed by atoms with van der Waals surface area (Å²) in [4.78, 5) is 1.34. The lowest BCUT2D eigenvalue weighted by molar-refractivity contribution is -0.539. The zero-order chi connectivity index (χ0) is 33.8. The summed E-state index contributed by atoms with van der Waals surface area (Å²) in [6, 6.07) is 27.8. The fourth-order valence-corrected chi connectivity index (χ4v) is 6.89. The smallest absolute Gasteiger partial charge is 0.200 e. The zero-order valence-corrected chi connectivity index (χ0v) is 28.0. The van der Waals surface area contributed by atoms with Gasteiger partial charge in [-0.15, -0.1) is 0 Å². The highest BCUT2D eigenvalue weighted by Crippen LogP contribution is 2.35. The van der Waals surface area contributed by atoms with Gasteiger partial charge in [0.1, 0.15) is 26.8 Å². The van der Waals surface area contributed by atoms with Crippen LogP contribution in [0.1, 0.15) is 36.1 Å². The third-order valence-electron chi connectivity index (χ3n) is 8.01. The predicted molar refractivity (Wildman–Crippen MR) is 183 cm³/mol. The average molecular weight is 668 g/mol. The quantitative estimate of drug-likeness (QED) is 0.139. The van der Waals surface area contributed by atoms with Gasteiger partial charge in [0.25, 0.3) is 0 Å². The SMILES string of the molecule is CCN(c1ccc(C(=C2C=CC(=[N+](CC)Cc3cccc(C)c3)C=C2)c2ccccc2S(=O)(=O)[O-])cc1)c1ccc(S(=O)(=O)[O-])cc1. The van der Waals surface area contributed by atoms with Crippen LogP contribution in [-0.4, -0.2) is 49.3 Å². The zero-order valence-electron chi connectivity index (χ0n) is 26.3. The van der Waals surface area contributed by atoms with Crippen molar-refractivity contribution in [2.75, 3.05) is 18.0 Å². The molecule has 0 aliphatic heterocycles. The Hall–Kier alpha value is -4.61. The van der Waals surface area contributed by atoms with E-state index in [-0.39, 0.29) is 9.79 Å². The van der Waals surface area contributed by atoms with Crippen molar-refractivity contribution in [1.82, 2.24) is 0 Å². The second-order valence-corrected chi connectivity index (χ2v) is 13.8. The van der Waals surface area contributed by atoms with E-state index in [1.165, 1.54) is 35.4 Å². The van der Waals surface area contributed by atoms with Crippen LogP contribution in [0.4, 0.5) is 11.4 Å². The van der Waals surface area contributed by atoms with Crippen molar-refractivity contribution in [1.29, 1.82) is 0 Å². The van der Waals surface area contributed by atoms with E-state index in [0.717, 1.165) is 30.1 Å². The Bertz CT molecular complexity index is 2110. The molecular weight excluding hydrogens is 633 g/mol. The van der Waals surface area contributed by atoms with Gasteiger partial charge in [0.05, 0.1) is 9.79 Å². The number of aryl methyl sites for hydroxylation is 1. The molecule has 10 heteroatoms. The summed E-state index contributed by atoms with van der Waals surface area (Å²) >= 11 is 0.